The van der Waals surface area contributed by atoms with Crippen LogP contribution in [-0.2, 0) is 16.1 Å². The molecule has 1 aliphatic carbocycles. The normalized spacial score (nSPS) is 21.2. The van der Waals surface area contributed by atoms with E-state index in [9.17, 15) is 14.4 Å². The van der Waals surface area contributed by atoms with Crippen LogP contribution >= 0.6 is 11.6 Å². The van der Waals surface area contributed by atoms with E-state index in [1.54, 1.807) is 25.1 Å². The number of nitrogens with one attached hydrogen (secondary N) is 1. The molecule has 1 saturated carbocycles. The Morgan fingerprint density at radius 1 is 1.22 bits per heavy atom. The van der Waals surface area contributed by atoms with Gasteiger partial charge in [-0.15, -0.1) is 0 Å². The van der Waals surface area contributed by atoms with Gasteiger partial charge in [0.05, 0.1) is 13.7 Å². The lowest BCUT2D eigenvalue weighted by Crippen LogP contribution is -2.65. The van der Waals surface area contributed by atoms with Crippen LogP contribution in [0.3, 0.4) is 0 Å². The minimum absolute atomic E-state index is 0.0283. The third kappa shape index (κ3) is 3.88. The molecule has 4 rings (SSSR count). The van der Waals surface area contributed by atoms with Crippen LogP contribution in [0, 0.1) is 6.92 Å². The van der Waals surface area contributed by atoms with Gasteiger partial charge in [-0.1, -0.05) is 30.9 Å². The highest BCUT2D eigenvalue weighted by Crippen LogP contribution is 2.36. The second-order valence-corrected chi connectivity index (χ2v) is 9.15. The van der Waals surface area contributed by atoms with Gasteiger partial charge >= 0.3 is 5.97 Å². The van der Waals surface area contributed by atoms with Gasteiger partial charge in [0.2, 0.25) is 5.91 Å². The number of hydrogen-bond donors (Lipinski definition) is 1. The lowest BCUT2D eigenvalue weighted by molar-refractivity contribution is -0.127. The molecule has 0 saturated heterocycles. The molecule has 1 aliphatic heterocycles. The molecule has 1 N–H and O–H groups in total. The van der Waals surface area contributed by atoms with E-state index >= 15 is 0 Å². The second kappa shape index (κ2) is 8.58. The minimum atomic E-state index is -1.25. The Morgan fingerprint density at radius 2 is 1.94 bits per heavy atom. The highest BCUT2D eigenvalue weighted by molar-refractivity contribution is 6.30. The molecule has 0 bridgehead atoms. The fourth-order valence-corrected chi connectivity index (χ4v) is 4.85. The fourth-order valence-electron chi connectivity index (χ4n) is 4.62. The van der Waals surface area contributed by atoms with Crippen LogP contribution in [-0.4, -0.2) is 46.3 Å². The van der Waals surface area contributed by atoms with Gasteiger partial charge in [-0.2, -0.15) is 5.10 Å². The van der Waals surface area contributed by atoms with Crippen molar-refractivity contribution in [2.24, 2.45) is 0 Å². The summed E-state index contributed by atoms with van der Waals surface area (Å²) in [5, 5.41) is 7.96. The minimum Gasteiger partial charge on any atom is -0.464 e. The summed E-state index contributed by atoms with van der Waals surface area (Å²) in [5.74, 6) is -1.29. The van der Waals surface area contributed by atoms with E-state index in [4.69, 9.17) is 16.3 Å². The number of aromatic nitrogens is 2. The summed E-state index contributed by atoms with van der Waals surface area (Å²) in [6.45, 7) is 3.69. The van der Waals surface area contributed by atoms with Gasteiger partial charge in [-0.25, -0.2) is 4.79 Å². The fraction of sp³-hybridized carbons (Fsp3) is 0.478. The van der Waals surface area contributed by atoms with Crippen LogP contribution in [0.15, 0.2) is 24.3 Å². The van der Waals surface area contributed by atoms with Crippen molar-refractivity contribution < 1.29 is 19.1 Å². The molecule has 0 radical (unpaired) electrons. The molecule has 170 valence electrons. The van der Waals surface area contributed by atoms with Gasteiger partial charge in [0.25, 0.3) is 5.91 Å². The number of carbonyl (C=O) groups is 3. The van der Waals surface area contributed by atoms with Crippen molar-refractivity contribution in [1.29, 1.82) is 0 Å². The SMILES string of the molecule is COC(=O)c1cc2n(n1)C[C@](C)(C(=O)NC1CCCCC1)N(c1ccc(Cl)cc1C)C2=O. The van der Waals surface area contributed by atoms with E-state index in [-0.39, 0.29) is 29.9 Å². The van der Waals surface area contributed by atoms with Crippen molar-refractivity contribution in [2.45, 2.75) is 64.1 Å². The smallest absolute Gasteiger partial charge is 0.358 e. The van der Waals surface area contributed by atoms with Gasteiger partial charge in [0.15, 0.2) is 5.69 Å². The number of ether oxygens (including phenoxy) is 1. The lowest BCUT2D eigenvalue weighted by Gasteiger charge is -2.44. The number of nitrogens with zero attached hydrogens (tertiary/aromatic N) is 3. The van der Waals surface area contributed by atoms with Crippen molar-refractivity contribution in [3.05, 3.63) is 46.2 Å². The zero-order valence-electron chi connectivity index (χ0n) is 18.5. The molecule has 32 heavy (non-hydrogen) atoms. The highest BCUT2D eigenvalue weighted by atomic mass is 35.5. The number of rotatable bonds is 4. The molecule has 1 fully saturated rings. The second-order valence-electron chi connectivity index (χ2n) is 8.72. The quantitative estimate of drug-likeness (QED) is 0.708. The Hall–Kier alpha value is -2.87. The molecule has 1 aromatic heterocycles. The molecule has 9 heteroatoms. The summed E-state index contributed by atoms with van der Waals surface area (Å²) < 4.78 is 6.19. The number of halogens is 1. The number of amides is 2. The molecule has 8 nitrogen and oxygen atoms in total. The van der Waals surface area contributed by atoms with E-state index in [0.717, 1.165) is 31.2 Å². The van der Waals surface area contributed by atoms with Crippen LogP contribution < -0.4 is 10.2 Å². The zero-order chi connectivity index (χ0) is 23.0. The van der Waals surface area contributed by atoms with Crippen molar-refractivity contribution in [3.63, 3.8) is 0 Å². The predicted molar refractivity (Wildman–Crippen MR) is 120 cm³/mol. The van der Waals surface area contributed by atoms with Crippen LogP contribution in [0.25, 0.3) is 0 Å². The van der Waals surface area contributed by atoms with Crippen molar-refractivity contribution in [3.8, 4) is 0 Å². The van der Waals surface area contributed by atoms with Gasteiger partial charge in [-0.05, 0) is 50.5 Å². The molecule has 2 heterocycles. The van der Waals surface area contributed by atoms with Crippen molar-refractivity contribution in [2.75, 3.05) is 12.0 Å². The number of benzene rings is 1. The first kappa shape index (κ1) is 22.3. The Morgan fingerprint density at radius 3 is 2.59 bits per heavy atom. The number of anilines is 1. The van der Waals surface area contributed by atoms with Crippen LogP contribution in [0.1, 0.15) is 65.6 Å². The molecule has 2 aliphatic rings. The Labute approximate surface area is 191 Å². The summed E-state index contributed by atoms with van der Waals surface area (Å²) in [6, 6.07) is 6.69. The number of fused-ring (bicyclic) bond motifs is 1. The third-order valence-corrected chi connectivity index (χ3v) is 6.61. The third-order valence-electron chi connectivity index (χ3n) is 6.38. The molecule has 0 spiro atoms. The number of esters is 1. The van der Waals surface area contributed by atoms with E-state index < -0.39 is 17.4 Å². The predicted octanol–water partition coefficient (Wildman–Crippen LogP) is 3.50. The van der Waals surface area contributed by atoms with Gasteiger partial charge < -0.3 is 10.1 Å². The first-order valence-electron chi connectivity index (χ1n) is 10.8. The Bertz CT molecular complexity index is 1080. The zero-order valence-corrected chi connectivity index (χ0v) is 19.2. The van der Waals surface area contributed by atoms with Crippen molar-refractivity contribution in [1.82, 2.24) is 15.1 Å². The van der Waals surface area contributed by atoms with E-state index in [1.807, 2.05) is 6.92 Å². The van der Waals surface area contributed by atoms with Gasteiger partial charge in [0, 0.05) is 22.8 Å². The van der Waals surface area contributed by atoms with E-state index in [2.05, 4.69) is 10.4 Å². The van der Waals surface area contributed by atoms with Crippen LogP contribution in [0.2, 0.25) is 5.02 Å². The summed E-state index contributed by atoms with van der Waals surface area (Å²) in [4.78, 5) is 40.9. The number of hydrogen-bond acceptors (Lipinski definition) is 5. The maximum atomic E-state index is 13.7. The van der Waals surface area contributed by atoms with Crippen LogP contribution in [0.4, 0.5) is 5.69 Å². The molecule has 1 aromatic carbocycles. The summed E-state index contributed by atoms with van der Waals surface area (Å²) >= 11 is 6.14. The van der Waals surface area contributed by atoms with E-state index in [0.29, 0.717) is 10.7 Å². The first-order chi connectivity index (χ1) is 15.2. The Balaban J connectivity index is 1.78. The number of methoxy groups -OCH3 is 1. The molecular formula is C23H27ClN4O4. The molecule has 1 atom stereocenters. The standard InChI is InChI=1S/C23H27ClN4O4/c1-14-11-15(24)9-10-18(14)28-20(29)19-12-17(21(30)32-3)26-27(19)13-23(28,2)22(31)25-16-7-5-4-6-8-16/h9-12,16H,4-8,13H2,1-3H3,(H,25,31)/t23-/m1/s1. The highest BCUT2D eigenvalue weighted by Gasteiger charge is 2.50. The van der Waals surface area contributed by atoms with Gasteiger partial charge in [0.1, 0.15) is 11.2 Å². The van der Waals surface area contributed by atoms with Crippen LogP contribution in [0.5, 0.6) is 0 Å². The molecule has 0 unspecified atom stereocenters. The Kier molecular flexibility index (Phi) is 5.99. The lowest BCUT2D eigenvalue weighted by atomic mass is 9.90. The van der Waals surface area contributed by atoms with Crippen molar-refractivity contribution >= 4 is 35.1 Å². The molecule has 2 aromatic rings. The molecular weight excluding hydrogens is 432 g/mol. The number of carbonyl (C=O) groups excluding carboxylic acids is 3. The average Bonchev–Trinajstić information content (AvgIpc) is 3.19. The topological polar surface area (TPSA) is 93.5 Å². The van der Waals surface area contributed by atoms with Gasteiger partial charge in [-0.3, -0.25) is 19.2 Å². The summed E-state index contributed by atoms with van der Waals surface area (Å²) in [7, 11) is 1.26. The summed E-state index contributed by atoms with van der Waals surface area (Å²) in [5.41, 5.74) is 0.360. The number of aryl methyl sites for hydroxylation is 1. The van der Waals surface area contributed by atoms with E-state index in [1.165, 1.54) is 29.2 Å². The molecule has 2 amide bonds. The average molecular weight is 459 g/mol. The maximum absolute atomic E-state index is 13.7. The monoisotopic (exact) mass is 458 g/mol. The first-order valence-corrected chi connectivity index (χ1v) is 11.2. The summed E-state index contributed by atoms with van der Waals surface area (Å²) in [6.07, 6.45) is 5.18. The largest absolute Gasteiger partial charge is 0.464 e. The maximum Gasteiger partial charge on any atom is 0.358 e.